The van der Waals surface area contributed by atoms with Crippen molar-refractivity contribution in [3.63, 3.8) is 0 Å². The van der Waals surface area contributed by atoms with Gasteiger partial charge in [-0.15, -0.1) is 24.8 Å². The van der Waals surface area contributed by atoms with Crippen molar-refractivity contribution in [1.82, 2.24) is 0 Å². The quantitative estimate of drug-likeness (QED) is 0.423. The fourth-order valence-corrected chi connectivity index (χ4v) is 16.3. The Hall–Kier alpha value is -0.786. The van der Waals surface area contributed by atoms with Crippen molar-refractivity contribution < 1.29 is 16.6 Å². The van der Waals surface area contributed by atoms with E-state index in [9.17, 15) is 0 Å². The molecular formula is C24H28Cl2Ti. The van der Waals surface area contributed by atoms with Crippen LogP contribution >= 0.6 is 24.8 Å². The van der Waals surface area contributed by atoms with E-state index in [4.69, 9.17) is 0 Å². The number of benzene rings is 2. The predicted molar refractivity (Wildman–Crippen MR) is 119 cm³/mol. The summed E-state index contributed by atoms with van der Waals surface area (Å²) in [5.74, 6) is 0. The first-order valence-corrected chi connectivity index (χ1v) is 13.6. The number of hydrogen-bond donors (Lipinski definition) is 0. The SMILES string of the molecule is CC1=Cc2c(C)cccc2[CH]1[Ti]1([CH]2C(C)=Cc3c(C)cccc32)[CH2][CH2]1.Cl.Cl. The Kier molecular flexibility index (Phi) is 5.61. The van der Waals surface area contributed by atoms with Gasteiger partial charge in [-0.1, -0.05) is 0 Å². The van der Waals surface area contributed by atoms with Crippen molar-refractivity contribution in [2.75, 3.05) is 0 Å². The molecule has 1 saturated heterocycles. The van der Waals surface area contributed by atoms with E-state index < -0.39 is 16.6 Å². The zero-order valence-corrected chi connectivity index (χ0v) is 19.7. The van der Waals surface area contributed by atoms with Crippen LogP contribution in [0.3, 0.4) is 0 Å². The zero-order chi connectivity index (χ0) is 17.3. The molecule has 0 N–H and O–H groups in total. The summed E-state index contributed by atoms with van der Waals surface area (Å²) in [7, 11) is 0. The molecular weight excluding hydrogens is 407 g/mol. The van der Waals surface area contributed by atoms with Crippen LogP contribution in [0.4, 0.5) is 0 Å². The van der Waals surface area contributed by atoms with Crippen LogP contribution in [0.1, 0.15) is 55.7 Å². The van der Waals surface area contributed by atoms with Gasteiger partial charge in [0, 0.05) is 0 Å². The van der Waals surface area contributed by atoms with E-state index in [0.717, 1.165) is 8.45 Å². The molecule has 1 heterocycles. The normalized spacial score (nSPS) is 23.4. The molecule has 3 heteroatoms. The molecule has 0 saturated carbocycles. The molecule has 1 aliphatic heterocycles. The fraction of sp³-hybridized carbons (Fsp3) is 0.333. The smallest absolute Gasteiger partial charge is 0.147 e. The second-order valence-corrected chi connectivity index (χ2v) is 15.7. The maximum absolute atomic E-state index is 2.51. The summed E-state index contributed by atoms with van der Waals surface area (Å²) >= 11 is -2.02. The van der Waals surface area contributed by atoms with Crippen LogP contribution in [0.5, 0.6) is 0 Å². The van der Waals surface area contributed by atoms with Gasteiger partial charge in [0.1, 0.15) is 0 Å². The number of hydrogen-bond acceptors (Lipinski definition) is 0. The molecule has 2 aromatic rings. The molecule has 2 aromatic carbocycles. The van der Waals surface area contributed by atoms with Crippen LogP contribution in [0.15, 0.2) is 47.5 Å². The summed E-state index contributed by atoms with van der Waals surface area (Å²) in [5, 5.41) is 0. The van der Waals surface area contributed by atoms with Crippen molar-refractivity contribution in [1.29, 1.82) is 0 Å². The third kappa shape index (κ3) is 2.92. The molecule has 142 valence electrons. The molecule has 3 aliphatic rings. The standard InChI is InChI=1S/2C11H11.C2H4.2ClH.Ti/c2*1-8-6-10-5-3-4-9(2)11(10)7-8;1-2;;;/h2*3-7H,1-2H3;1-2H2;2*1H;. The molecule has 0 nitrogen and oxygen atoms in total. The Bertz CT molecular complexity index is 891. The molecule has 0 bridgehead atoms. The van der Waals surface area contributed by atoms with E-state index in [0.29, 0.717) is 0 Å². The Morgan fingerprint density at radius 2 is 1.07 bits per heavy atom. The molecule has 0 aromatic heterocycles. The van der Waals surface area contributed by atoms with Gasteiger partial charge in [0.05, 0.1) is 0 Å². The van der Waals surface area contributed by atoms with Gasteiger partial charge in [-0.2, -0.15) is 0 Å². The fourth-order valence-electron chi connectivity index (χ4n) is 5.83. The largest absolute Gasteiger partial charge is 0.147 e. The van der Waals surface area contributed by atoms with Gasteiger partial charge in [0.15, 0.2) is 0 Å². The third-order valence-electron chi connectivity index (χ3n) is 6.97. The van der Waals surface area contributed by atoms with Crippen molar-refractivity contribution in [2.24, 2.45) is 0 Å². The summed E-state index contributed by atoms with van der Waals surface area (Å²) < 4.78 is 4.61. The first-order valence-electron chi connectivity index (χ1n) is 9.58. The molecule has 2 atom stereocenters. The molecule has 0 spiro atoms. The monoisotopic (exact) mass is 434 g/mol. The molecule has 1 fully saturated rings. The number of rotatable bonds is 2. The summed E-state index contributed by atoms with van der Waals surface area (Å²) in [4.78, 5) is 0. The van der Waals surface area contributed by atoms with E-state index >= 15 is 0 Å². The van der Waals surface area contributed by atoms with Gasteiger partial charge in [0.25, 0.3) is 0 Å². The van der Waals surface area contributed by atoms with Crippen LogP contribution < -0.4 is 0 Å². The minimum atomic E-state index is -2.02. The van der Waals surface area contributed by atoms with E-state index in [1.165, 1.54) is 31.7 Å². The number of aryl methyl sites for hydroxylation is 2. The first-order chi connectivity index (χ1) is 12.0. The average Bonchev–Trinajstić information content (AvgIpc) is 3.15. The van der Waals surface area contributed by atoms with Gasteiger partial charge < -0.3 is 0 Å². The van der Waals surface area contributed by atoms with Crippen LogP contribution in [-0.4, -0.2) is 0 Å². The van der Waals surface area contributed by atoms with Crippen molar-refractivity contribution in [2.45, 2.75) is 45.6 Å². The van der Waals surface area contributed by atoms with Crippen molar-refractivity contribution in [3.05, 3.63) is 80.9 Å². The van der Waals surface area contributed by atoms with E-state index in [-0.39, 0.29) is 24.8 Å². The van der Waals surface area contributed by atoms with Gasteiger partial charge in [-0.3, -0.25) is 0 Å². The maximum atomic E-state index is 2.51. The Labute approximate surface area is 179 Å². The van der Waals surface area contributed by atoms with Crippen LogP contribution in [0.25, 0.3) is 12.2 Å². The second-order valence-electron chi connectivity index (χ2n) is 8.53. The molecule has 5 rings (SSSR count). The van der Waals surface area contributed by atoms with Gasteiger partial charge in [-0.05, 0) is 0 Å². The maximum Gasteiger partial charge on any atom is -0.147 e. The Balaban J connectivity index is 0.00000105. The molecule has 0 radical (unpaired) electrons. The topological polar surface area (TPSA) is 0 Å². The zero-order valence-electron chi connectivity index (χ0n) is 16.5. The predicted octanol–water partition coefficient (Wildman–Crippen LogP) is 7.77. The molecule has 0 amide bonds. The number of fused-ring (bicyclic) bond motifs is 2. The van der Waals surface area contributed by atoms with Gasteiger partial charge >= 0.3 is 155 Å². The summed E-state index contributed by atoms with van der Waals surface area (Å²) in [6.45, 7) is 9.36. The number of allylic oxidation sites excluding steroid dienone is 2. The van der Waals surface area contributed by atoms with E-state index in [1.807, 2.05) is 0 Å². The molecule has 2 aliphatic carbocycles. The third-order valence-corrected chi connectivity index (χ3v) is 15.5. The number of halogens is 2. The minimum absolute atomic E-state index is 0. The first kappa shape index (κ1) is 20.9. The van der Waals surface area contributed by atoms with Crippen LogP contribution in [0, 0.1) is 13.8 Å². The summed E-state index contributed by atoms with van der Waals surface area (Å²) in [6, 6.07) is 14.0. The van der Waals surface area contributed by atoms with Crippen LogP contribution in [0.2, 0.25) is 9.45 Å². The van der Waals surface area contributed by atoms with E-state index in [2.05, 4.69) is 76.2 Å². The molecule has 2 unspecified atom stereocenters. The second kappa shape index (κ2) is 7.23. The Morgan fingerprint density at radius 3 is 1.44 bits per heavy atom. The van der Waals surface area contributed by atoms with E-state index in [1.54, 1.807) is 22.3 Å². The van der Waals surface area contributed by atoms with Crippen molar-refractivity contribution >= 4 is 37.0 Å². The Morgan fingerprint density at radius 1 is 0.667 bits per heavy atom. The summed E-state index contributed by atoms with van der Waals surface area (Å²) in [6.07, 6.45) is 5.01. The summed E-state index contributed by atoms with van der Waals surface area (Å²) in [5.41, 5.74) is 12.6. The van der Waals surface area contributed by atoms with Crippen molar-refractivity contribution in [3.8, 4) is 0 Å². The average molecular weight is 435 g/mol. The van der Waals surface area contributed by atoms with Gasteiger partial charge in [-0.25, -0.2) is 0 Å². The van der Waals surface area contributed by atoms with Gasteiger partial charge in [0.2, 0.25) is 0 Å². The molecule has 27 heavy (non-hydrogen) atoms. The van der Waals surface area contributed by atoms with Crippen LogP contribution in [-0.2, 0) is 16.6 Å². The minimum Gasteiger partial charge on any atom is -0.147 e.